The molecule has 1 nitrogen and oxygen atoms in total. The van der Waals surface area contributed by atoms with E-state index in [0.29, 0.717) is 10.3 Å². The number of halogens is 4. The number of hydrogen-bond acceptors (Lipinski definition) is 1. The highest BCUT2D eigenvalue weighted by atomic mass is 127. The second-order valence-corrected chi connectivity index (χ2v) is 5.72. The van der Waals surface area contributed by atoms with Crippen LogP contribution in [-0.4, -0.2) is 22.8 Å². The van der Waals surface area contributed by atoms with E-state index in [0.717, 1.165) is 32.1 Å². The van der Waals surface area contributed by atoms with Gasteiger partial charge < -0.3 is 4.74 Å². The third-order valence-electron chi connectivity index (χ3n) is 3.50. The average molecular weight is 364 g/mol. The molecule has 1 aliphatic rings. The van der Waals surface area contributed by atoms with Crippen LogP contribution in [0.15, 0.2) is 0 Å². The lowest BCUT2D eigenvalue weighted by Crippen LogP contribution is -2.41. The zero-order valence-corrected chi connectivity index (χ0v) is 12.3. The molecule has 0 spiro atoms. The third-order valence-corrected chi connectivity index (χ3v) is 4.89. The van der Waals surface area contributed by atoms with Gasteiger partial charge in [-0.25, -0.2) is 0 Å². The van der Waals surface area contributed by atoms with E-state index in [-0.39, 0.29) is 0 Å². The van der Waals surface area contributed by atoms with Gasteiger partial charge in [0.05, 0.1) is 5.60 Å². The first-order chi connectivity index (χ1) is 7.91. The van der Waals surface area contributed by atoms with Gasteiger partial charge in [-0.2, -0.15) is 13.2 Å². The second-order valence-electron chi connectivity index (χ2n) is 4.95. The molecule has 0 amide bonds. The minimum absolute atomic E-state index is 0.527. The maximum atomic E-state index is 12.2. The van der Waals surface area contributed by atoms with Crippen molar-refractivity contribution in [1.29, 1.82) is 0 Å². The van der Waals surface area contributed by atoms with Crippen LogP contribution in [0.5, 0.6) is 0 Å². The molecule has 102 valence electrons. The van der Waals surface area contributed by atoms with Gasteiger partial charge in [-0.05, 0) is 31.6 Å². The van der Waals surface area contributed by atoms with E-state index >= 15 is 0 Å². The second kappa shape index (κ2) is 6.59. The highest BCUT2D eigenvalue weighted by Crippen LogP contribution is 2.38. The molecule has 0 heterocycles. The van der Waals surface area contributed by atoms with E-state index in [2.05, 4.69) is 29.5 Å². The molecule has 0 bridgehead atoms. The number of alkyl halides is 4. The summed E-state index contributed by atoms with van der Waals surface area (Å²) in [5, 5.41) is 0. The Bertz CT molecular complexity index is 222. The summed E-state index contributed by atoms with van der Waals surface area (Å²) in [5.41, 5.74) is -0.527. The molecule has 1 fully saturated rings. The normalized spacial score (nSPS) is 30.5. The Labute approximate surface area is 115 Å². The highest BCUT2D eigenvalue weighted by molar-refractivity contribution is 14.1. The van der Waals surface area contributed by atoms with Crippen molar-refractivity contribution in [3.63, 3.8) is 0 Å². The van der Waals surface area contributed by atoms with Crippen LogP contribution in [0.1, 0.15) is 45.4 Å². The molecule has 0 unspecified atom stereocenters. The summed E-state index contributed by atoms with van der Waals surface area (Å²) in [4.78, 5) is 0. The molecular weight excluding hydrogens is 344 g/mol. The maximum absolute atomic E-state index is 12.2. The van der Waals surface area contributed by atoms with Gasteiger partial charge in [0.1, 0.15) is 6.61 Å². The van der Waals surface area contributed by atoms with Crippen molar-refractivity contribution in [1.82, 2.24) is 0 Å². The summed E-state index contributed by atoms with van der Waals surface area (Å²) in [7, 11) is 0. The molecule has 0 N–H and O–H groups in total. The van der Waals surface area contributed by atoms with Gasteiger partial charge in [0.25, 0.3) is 0 Å². The number of rotatable bonds is 5. The van der Waals surface area contributed by atoms with E-state index in [1.807, 2.05) is 0 Å². The zero-order chi connectivity index (χ0) is 12.9. The van der Waals surface area contributed by atoms with E-state index in [1.54, 1.807) is 0 Å². The van der Waals surface area contributed by atoms with Gasteiger partial charge in [0.2, 0.25) is 0 Å². The summed E-state index contributed by atoms with van der Waals surface area (Å²) in [6.07, 6.45) is 1.71. The van der Waals surface area contributed by atoms with Crippen LogP contribution < -0.4 is 0 Å². The van der Waals surface area contributed by atoms with Gasteiger partial charge >= 0.3 is 6.18 Å². The Hall–Kier alpha value is 0.480. The van der Waals surface area contributed by atoms with E-state index in [1.165, 1.54) is 6.42 Å². The molecule has 1 aliphatic carbocycles. The Morgan fingerprint density at radius 3 is 2.29 bits per heavy atom. The van der Waals surface area contributed by atoms with E-state index in [4.69, 9.17) is 4.74 Å². The van der Waals surface area contributed by atoms with Gasteiger partial charge in [0.15, 0.2) is 0 Å². The van der Waals surface area contributed by atoms with Gasteiger partial charge in [-0.15, -0.1) is 0 Å². The smallest absolute Gasteiger partial charge is 0.365 e. The average Bonchev–Trinajstić information content (AvgIpc) is 2.28. The van der Waals surface area contributed by atoms with Crippen molar-refractivity contribution < 1.29 is 17.9 Å². The molecule has 0 saturated heterocycles. The van der Waals surface area contributed by atoms with Crippen molar-refractivity contribution in [2.24, 2.45) is 5.92 Å². The van der Waals surface area contributed by atoms with Crippen LogP contribution in [0.25, 0.3) is 0 Å². The maximum Gasteiger partial charge on any atom is 0.411 e. The fourth-order valence-electron chi connectivity index (χ4n) is 2.45. The Morgan fingerprint density at radius 2 is 1.88 bits per heavy atom. The molecule has 1 rings (SSSR count). The quantitative estimate of drug-likeness (QED) is 0.506. The van der Waals surface area contributed by atoms with Crippen molar-refractivity contribution in [2.45, 2.75) is 57.2 Å². The van der Waals surface area contributed by atoms with Gasteiger partial charge in [-0.1, -0.05) is 42.4 Å². The summed E-state index contributed by atoms with van der Waals surface area (Å²) < 4.78 is 42.4. The summed E-state index contributed by atoms with van der Waals surface area (Å²) in [5.74, 6) is 0.686. The van der Waals surface area contributed by atoms with Crippen LogP contribution in [-0.2, 0) is 4.74 Å². The van der Waals surface area contributed by atoms with Crippen LogP contribution in [0.2, 0.25) is 0 Å². The molecule has 0 aromatic carbocycles. The molecule has 5 heteroatoms. The molecule has 0 aliphatic heterocycles. The Balaban J connectivity index is 2.43. The first-order valence-corrected chi connectivity index (χ1v) is 7.70. The predicted octanol–water partition coefficient (Wildman–Crippen LogP) is 4.73. The zero-order valence-electron chi connectivity index (χ0n) is 10.2. The fourth-order valence-corrected chi connectivity index (χ4v) is 3.44. The lowest BCUT2D eigenvalue weighted by molar-refractivity contribution is -0.207. The highest BCUT2D eigenvalue weighted by Gasteiger charge is 2.39. The van der Waals surface area contributed by atoms with Crippen molar-refractivity contribution in [3.8, 4) is 0 Å². The third kappa shape index (κ3) is 5.32. The van der Waals surface area contributed by atoms with Gasteiger partial charge in [-0.3, -0.25) is 0 Å². The molecule has 0 radical (unpaired) electrons. The molecular formula is C12H20F3IO. The van der Waals surface area contributed by atoms with Crippen LogP contribution in [0.4, 0.5) is 13.2 Å². The summed E-state index contributed by atoms with van der Waals surface area (Å²) in [6.45, 7) is 1.05. The standard InChI is InChI=1S/C12H20F3IO/c1-2-3-10-4-6-11(8-16,7-5-10)17-9-12(13,14)15/h10H,2-9H2,1H3. The minimum atomic E-state index is -4.21. The predicted molar refractivity (Wildman–Crippen MR) is 70.5 cm³/mol. The van der Waals surface area contributed by atoms with Crippen molar-refractivity contribution in [3.05, 3.63) is 0 Å². The van der Waals surface area contributed by atoms with E-state index < -0.39 is 18.4 Å². The van der Waals surface area contributed by atoms with Crippen molar-refractivity contribution in [2.75, 3.05) is 11.0 Å². The summed E-state index contributed by atoms with van der Waals surface area (Å²) >= 11 is 2.15. The SMILES string of the molecule is CCCC1CCC(CI)(OCC(F)(F)F)CC1. The molecule has 1 saturated carbocycles. The lowest BCUT2D eigenvalue weighted by atomic mass is 9.78. The largest absolute Gasteiger partial charge is 0.411 e. The Kier molecular flexibility index (Phi) is 6.02. The molecule has 0 atom stereocenters. The van der Waals surface area contributed by atoms with Crippen molar-refractivity contribution >= 4 is 22.6 Å². The van der Waals surface area contributed by atoms with Crippen LogP contribution in [0.3, 0.4) is 0 Å². The van der Waals surface area contributed by atoms with Crippen LogP contribution >= 0.6 is 22.6 Å². The number of ether oxygens (including phenoxy) is 1. The number of hydrogen-bond donors (Lipinski definition) is 0. The molecule has 0 aromatic rings. The molecule has 0 aromatic heterocycles. The summed E-state index contributed by atoms with van der Waals surface area (Å²) in [6, 6.07) is 0. The van der Waals surface area contributed by atoms with Gasteiger partial charge in [0, 0.05) is 4.43 Å². The first-order valence-electron chi connectivity index (χ1n) is 6.17. The lowest BCUT2D eigenvalue weighted by Gasteiger charge is -2.39. The Morgan fingerprint density at radius 1 is 1.29 bits per heavy atom. The fraction of sp³-hybridized carbons (Fsp3) is 1.00. The topological polar surface area (TPSA) is 9.23 Å². The van der Waals surface area contributed by atoms with E-state index in [9.17, 15) is 13.2 Å². The molecule has 17 heavy (non-hydrogen) atoms. The minimum Gasteiger partial charge on any atom is -0.365 e. The monoisotopic (exact) mass is 364 g/mol. The van der Waals surface area contributed by atoms with Crippen LogP contribution in [0, 0.1) is 5.92 Å². The first kappa shape index (κ1) is 15.5.